The Kier molecular flexibility index (Phi) is 2.95. The van der Waals surface area contributed by atoms with Crippen LogP contribution in [0.1, 0.15) is 21.6 Å². The van der Waals surface area contributed by atoms with Gasteiger partial charge in [0.15, 0.2) is 5.65 Å². The molecule has 3 aromatic rings. The van der Waals surface area contributed by atoms with Crippen LogP contribution in [0.4, 0.5) is 5.69 Å². The maximum Gasteiger partial charge on any atom is 0.274 e. The Balaban J connectivity index is 1.95. The van der Waals surface area contributed by atoms with Crippen LogP contribution in [0.3, 0.4) is 0 Å². The van der Waals surface area contributed by atoms with Gasteiger partial charge in [-0.1, -0.05) is 6.07 Å². The largest absolute Gasteiger partial charge is 0.321 e. The summed E-state index contributed by atoms with van der Waals surface area (Å²) in [6, 6.07) is 9.35. The lowest BCUT2D eigenvalue weighted by atomic mass is 10.1. The Bertz CT molecular complexity index is 771. The van der Waals surface area contributed by atoms with Gasteiger partial charge in [-0.25, -0.2) is 9.50 Å². The predicted octanol–water partition coefficient (Wildman–Crippen LogP) is 2.60. The van der Waals surface area contributed by atoms with Gasteiger partial charge >= 0.3 is 0 Å². The number of aromatic nitrogens is 3. The Morgan fingerprint density at radius 1 is 1.10 bits per heavy atom. The molecule has 2 heterocycles. The van der Waals surface area contributed by atoms with Crippen LogP contribution in [0.25, 0.3) is 5.65 Å². The first-order valence-electron chi connectivity index (χ1n) is 6.32. The van der Waals surface area contributed by atoms with Gasteiger partial charge in [0.1, 0.15) is 5.69 Å². The fourth-order valence-electron chi connectivity index (χ4n) is 2.25. The summed E-state index contributed by atoms with van der Waals surface area (Å²) in [6.07, 6.45) is 3.23. The average Bonchev–Trinajstić information content (AvgIpc) is 2.85. The molecule has 2 aromatic heterocycles. The molecular weight excluding hydrogens is 252 g/mol. The Morgan fingerprint density at radius 2 is 1.85 bits per heavy atom. The smallest absolute Gasteiger partial charge is 0.274 e. The lowest BCUT2D eigenvalue weighted by molar-refractivity contribution is 0.102. The van der Waals surface area contributed by atoms with Gasteiger partial charge in [-0.15, -0.1) is 0 Å². The first kappa shape index (κ1) is 12.3. The van der Waals surface area contributed by atoms with E-state index in [9.17, 15) is 4.79 Å². The third-order valence-electron chi connectivity index (χ3n) is 3.00. The molecule has 0 aliphatic carbocycles. The summed E-state index contributed by atoms with van der Waals surface area (Å²) in [5.41, 5.74) is 4.11. The topological polar surface area (TPSA) is 59.3 Å². The second-order valence-electron chi connectivity index (χ2n) is 4.76. The number of benzene rings is 1. The number of carbonyl (C=O) groups excluding carboxylic acids is 1. The lowest BCUT2D eigenvalue weighted by Gasteiger charge is -2.08. The Hall–Kier alpha value is -2.69. The molecule has 0 spiro atoms. The quantitative estimate of drug-likeness (QED) is 0.775. The minimum atomic E-state index is -0.203. The standard InChI is InChI=1S/C15H14N4O/c1-10-7-11(2)9-12(8-10)18-15(20)13-3-5-16-14-4-6-17-19(13)14/h3-9H,1-2H3,(H,18,20). The highest BCUT2D eigenvalue weighted by Crippen LogP contribution is 2.15. The van der Waals surface area contributed by atoms with E-state index in [0.29, 0.717) is 11.3 Å². The van der Waals surface area contributed by atoms with Crippen LogP contribution in [0.2, 0.25) is 0 Å². The van der Waals surface area contributed by atoms with Crippen LogP contribution >= 0.6 is 0 Å². The molecule has 0 saturated carbocycles. The van der Waals surface area contributed by atoms with Crippen molar-refractivity contribution < 1.29 is 4.79 Å². The first-order chi connectivity index (χ1) is 9.63. The molecule has 3 rings (SSSR count). The van der Waals surface area contributed by atoms with Crippen molar-refractivity contribution in [2.45, 2.75) is 13.8 Å². The highest BCUT2D eigenvalue weighted by atomic mass is 16.2. The number of aryl methyl sites for hydroxylation is 2. The van der Waals surface area contributed by atoms with E-state index >= 15 is 0 Å². The van der Waals surface area contributed by atoms with Crippen LogP contribution in [-0.2, 0) is 0 Å². The molecule has 0 saturated heterocycles. The summed E-state index contributed by atoms with van der Waals surface area (Å²) in [6.45, 7) is 4.00. The number of fused-ring (bicyclic) bond motifs is 1. The van der Waals surface area contributed by atoms with Crippen molar-refractivity contribution >= 4 is 17.2 Å². The van der Waals surface area contributed by atoms with Crippen molar-refractivity contribution in [2.75, 3.05) is 5.32 Å². The second-order valence-corrected chi connectivity index (χ2v) is 4.76. The van der Waals surface area contributed by atoms with Gasteiger partial charge in [-0.05, 0) is 43.2 Å². The summed E-state index contributed by atoms with van der Waals surface area (Å²) in [5, 5.41) is 7.00. The molecule has 1 N–H and O–H groups in total. The van der Waals surface area contributed by atoms with Gasteiger partial charge in [0.05, 0.1) is 6.20 Å². The summed E-state index contributed by atoms with van der Waals surface area (Å²) in [5.74, 6) is -0.203. The van der Waals surface area contributed by atoms with Crippen LogP contribution in [0.5, 0.6) is 0 Å². The van der Waals surface area contributed by atoms with Crippen molar-refractivity contribution in [2.24, 2.45) is 0 Å². The van der Waals surface area contributed by atoms with Gasteiger partial charge in [-0.3, -0.25) is 4.79 Å². The maximum atomic E-state index is 12.3. The van der Waals surface area contributed by atoms with Crippen LogP contribution in [0, 0.1) is 13.8 Å². The van der Waals surface area contributed by atoms with E-state index in [1.807, 2.05) is 26.0 Å². The number of hydrogen-bond donors (Lipinski definition) is 1. The molecule has 0 atom stereocenters. The monoisotopic (exact) mass is 266 g/mol. The van der Waals surface area contributed by atoms with Crippen molar-refractivity contribution in [3.05, 3.63) is 59.5 Å². The van der Waals surface area contributed by atoms with E-state index in [1.54, 1.807) is 24.5 Å². The molecule has 0 radical (unpaired) electrons. The molecule has 0 bridgehead atoms. The third-order valence-corrected chi connectivity index (χ3v) is 3.00. The molecule has 0 aliphatic rings. The maximum absolute atomic E-state index is 12.3. The highest BCUT2D eigenvalue weighted by Gasteiger charge is 2.11. The van der Waals surface area contributed by atoms with Gasteiger partial charge in [-0.2, -0.15) is 5.10 Å². The summed E-state index contributed by atoms with van der Waals surface area (Å²) >= 11 is 0. The Labute approximate surface area is 116 Å². The molecule has 0 fully saturated rings. The molecule has 5 nitrogen and oxygen atoms in total. The summed E-state index contributed by atoms with van der Waals surface area (Å²) < 4.78 is 1.53. The van der Waals surface area contributed by atoms with Crippen molar-refractivity contribution in [3.63, 3.8) is 0 Å². The van der Waals surface area contributed by atoms with Gasteiger partial charge in [0.2, 0.25) is 0 Å². The number of hydrogen-bond acceptors (Lipinski definition) is 3. The van der Waals surface area contributed by atoms with Gasteiger partial charge < -0.3 is 5.32 Å². The van der Waals surface area contributed by atoms with Crippen LogP contribution in [0.15, 0.2) is 42.7 Å². The molecule has 5 heteroatoms. The molecule has 0 aliphatic heterocycles. The van der Waals surface area contributed by atoms with Crippen molar-refractivity contribution in [1.29, 1.82) is 0 Å². The SMILES string of the molecule is Cc1cc(C)cc(NC(=O)c2ccnc3ccnn23)c1. The number of carbonyl (C=O) groups is 1. The first-order valence-corrected chi connectivity index (χ1v) is 6.32. The normalized spacial score (nSPS) is 10.7. The van der Waals surface area contributed by atoms with E-state index in [2.05, 4.69) is 21.5 Å². The van der Waals surface area contributed by atoms with Crippen molar-refractivity contribution in [1.82, 2.24) is 14.6 Å². The zero-order chi connectivity index (χ0) is 14.1. The molecule has 100 valence electrons. The van der Waals surface area contributed by atoms with E-state index in [4.69, 9.17) is 0 Å². The minimum absolute atomic E-state index is 0.203. The molecule has 1 aromatic carbocycles. The number of nitrogens with one attached hydrogen (secondary N) is 1. The zero-order valence-electron chi connectivity index (χ0n) is 11.3. The van der Waals surface area contributed by atoms with E-state index in [-0.39, 0.29) is 5.91 Å². The summed E-state index contributed by atoms with van der Waals surface area (Å²) in [7, 11) is 0. The number of amides is 1. The van der Waals surface area contributed by atoms with E-state index in [0.717, 1.165) is 16.8 Å². The van der Waals surface area contributed by atoms with Crippen molar-refractivity contribution in [3.8, 4) is 0 Å². The molecule has 20 heavy (non-hydrogen) atoms. The van der Waals surface area contributed by atoms with E-state index < -0.39 is 0 Å². The fourth-order valence-corrected chi connectivity index (χ4v) is 2.25. The minimum Gasteiger partial charge on any atom is -0.321 e. The molecular formula is C15H14N4O. The van der Waals surface area contributed by atoms with Crippen LogP contribution in [-0.4, -0.2) is 20.5 Å². The lowest BCUT2D eigenvalue weighted by Crippen LogP contribution is -2.16. The molecule has 1 amide bonds. The number of rotatable bonds is 2. The Morgan fingerprint density at radius 3 is 2.60 bits per heavy atom. The second kappa shape index (κ2) is 4.77. The predicted molar refractivity (Wildman–Crippen MR) is 76.9 cm³/mol. The van der Waals surface area contributed by atoms with Gasteiger partial charge in [0, 0.05) is 18.0 Å². The fraction of sp³-hybridized carbons (Fsp3) is 0.133. The average molecular weight is 266 g/mol. The zero-order valence-corrected chi connectivity index (χ0v) is 11.3. The highest BCUT2D eigenvalue weighted by molar-refractivity contribution is 6.03. The summed E-state index contributed by atoms with van der Waals surface area (Å²) in [4.78, 5) is 16.5. The van der Waals surface area contributed by atoms with E-state index in [1.165, 1.54) is 4.52 Å². The number of nitrogens with zero attached hydrogens (tertiary/aromatic N) is 3. The number of anilines is 1. The molecule has 0 unspecified atom stereocenters. The third kappa shape index (κ3) is 2.25. The van der Waals surface area contributed by atoms with Crippen LogP contribution < -0.4 is 5.32 Å². The van der Waals surface area contributed by atoms with Gasteiger partial charge in [0.25, 0.3) is 5.91 Å².